The van der Waals surface area contributed by atoms with Crippen LogP contribution in [0.4, 0.5) is 0 Å². The molecule has 0 saturated carbocycles. The first kappa shape index (κ1) is 12.8. The van der Waals surface area contributed by atoms with Crippen molar-refractivity contribution >= 4 is 0 Å². The zero-order chi connectivity index (χ0) is 13.0. The molecule has 0 aliphatic rings. The minimum absolute atomic E-state index is 0.112. The normalized spacial score (nSPS) is 12.7. The van der Waals surface area contributed by atoms with Crippen LogP contribution in [0.2, 0.25) is 0 Å². The van der Waals surface area contributed by atoms with Crippen LogP contribution >= 0.6 is 0 Å². The molecule has 1 heteroatoms. The number of hydrogen-bond donors (Lipinski definition) is 0. The Morgan fingerprint density at radius 3 is 2.06 bits per heavy atom. The van der Waals surface area contributed by atoms with Crippen LogP contribution in [-0.2, 0) is 4.74 Å². The second-order valence-corrected chi connectivity index (χ2v) is 4.78. The van der Waals surface area contributed by atoms with Crippen LogP contribution in [0.3, 0.4) is 0 Å². The van der Waals surface area contributed by atoms with Gasteiger partial charge in [-0.3, -0.25) is 0 Å². The van der Waals surface area contributed by atoms with Crippen molar-refractivity contribution in [3.05, 3.63) is 60.2 Å². The lowest BCUT2D eigenvalue weighted by Gasteiger charge is -2.19. The molecule has 0 heterocycles. The number of ether oxygens (including phenoxy) is 1. The molecule has 0 bridgehead atoms. The van der Waals surface area contributed by atoms with Gasteiger partial charge in [0.1, 0.15) is 0 Å². The van der Waals surface area contributed by atoms with E-state index in [2.05, 4.69) is 69.3 Å². The maximum absolute atomic E-state index is 5.90. The lowest BCUT2D eigenvalue weighted by atomic mass is 9.97. The van der Waals surface area contributed by atoms with E-state index in [9.17, 15) is 0 Å². The summed E-state index contributed by atoms with van der Waals surface area (Å²) in [6.45, 7) is 6.25. The van der Waals surface area contributed by atoms with Crippen LogP contribution in [0.1, 0.15) is 32.4 Å². The predicted octanol–water partition coefficient (Wildman–Crippen LogP) is 4.84. The summed E-state index contributed by atoms with van der Waals surface area (Å²) in [5.41, 5.74) is 3.75. The summed E-state index contributed by atoms with van der Waals surface area (Å²) >= 11 is 0. The first-order valence-corrected chi connectivity index (χ1v) is 6.48. The molecule has 0 saturated heterocycles. The number of benzene rings is 2. The van der Waals surface area contributed by atoms with Crippen molar-refractivity contribution in [3.8, 4) is 11.1 Å². The Bertz CT molecular complexity index is 488. The highest BCUT2D eigenvalue weighted by molar-refractivity contribution is 5.67. The van der Waals surface area contributed by atoms with E-state index in [-0.39, 0.29) is 12.2 Å². The highest BCUT2D eigenvalue weighted by atomic mass is 16.5. The first-order valence-electron chi connectivity index (χ1n) is 6.48. The van der Waals surface area contributed by atoms with Gasteiger partial charge in [0.25, 0.3) is 0 Å². The van der Waals surface area contributed by atoms with Crippen molar-refractivity contribution in [2.24, 2.45) is 0 Å². The SMILES string of the molecule is CC(C)OC(C)c1ccccc1-c1ccccc1. The molecule has 2 rings (SSSR count). The van der Waals surface area contributed by atoms with E-state index < -0.39 is 0 Å². The average molecular weight is 240 g/mol. The van der Waals surface area contributed by atoms with Crippen molar-refractivity contribution in [2.45, 2.75) is 33.0 Å². The third-order valence-electron chi connectivity index (χ3n) is 2.96. The minimum atomic E-state index is 0.112. The van der Waals surface area contributed by atoms with Gasteiger partial charge in [-0.15, -0.1) is 0 Å². The summed E-state index contributed by atoms with van der Waals surface area (Å²) in [4.78, 5) is 0. The van der Waals surface area contributed by atoms with Crippen LogP contribution in [0.5, 0.6) is 0 Å². The molecule has 1 atom stereocenters. The van der Waals surface area contributed by atoms with Gasteiger partial charge in [0.15, 0.2) is 0 Å². The van der Waals surface area contributed by atoms with E-state index in [0.29, 0.717) is 0 Å². The van der Waals surface area contributed by atoms with Gasteiger partial charge in [-0.2, -0.15) is 0 Å². The second kappa shape index (κ2) is 5.83. The predicted molar refractivity (Wildman–Crippen MR) is 76.5 cm³/mol. The van der Waals surface area contributed by atoms with Crippen LogP contribution in [-0.4, -0.2) is 6.10 Å². The van der Waals surface area contributed by atoms with Crippen molar-refractivity contribution in [1.82, 2.24) is 0 Å². The zero-order valence-electron chi connectivity index (χ0n) is 11.3. The highest BCUT2D eigenvalue weighted by Gasteiger charge is 2.12. The van der Waals surface area contributed by atoms with E-state index in [4.69, 9.17) is 4.74 Å². The zero-order valence-corrected chi connectivity index (χ0v) is 11.3. The molecule has 0 N–H and O–H groups in total. The van der Waals surface area contributed by atoms with E-state index in [1.165, 1.54) is 16.7 Å². The molecule has 0 amide bonds. The fourth-order valence-electron chi connectivity index (χ4n) is 2.21. The Morgan fingerprint density at radius 2 is 1.39 bits per heavy atom. The third kappa shape index (κ3) is 2.99. The first-order chi connectivity index (χ1) is 8.68. The van der Waals surface area contributed by atoms with Crippen molar-refractivity contribution < 1.29 is 4.74 Å². The smallest absolute Gasteiger partial charge is 0.0806 e. The van der Waals surface area contributed by atoms with E-state index in [1.54, 1.807) is 0 Å². The van der Waals surface area contributed by atoms with E-state index in [0.717, 1.165) is 0 Å². The molecule has 0 aliphatic carbocycles. The minimum Gasteiger partial charge on any atom is -0.371 e. The largest absolute Gasteiger partial charge is 0.371 e. The molecule has 0 radical (unpaired) electrons. The fourth-order valence-corrected chi connectivity index (χ4v) is 2.21. The summed E-state index contributed by atoms with van der Waals surface area (Å²) in [5.74, 6) is 0. The van der Waals surface area contributed by atoms with Gasteiger partial charge in [-0.05, 0) is 37.5 Å². The maximum Gasteiger partial charge on any atom is 0.0806 e. The molecule has 2 aromatic rings. The van der Waals surface area contributed by atoms with Gasteiger partial charge in [0, 0.05) is 0 Å². The fraction of sp³-hybridized carbons (Fsp3) is 0.294. The quantitative estimate of drug-likeness (QED) is 0.743. The van der Waals surface area contributed by atoms with Crippen molar-refractivity contribution in [1.29, 1.82) is 0 Å². The summed E-state index contributed by atoms with van der Waals surface area (Å²) in [5, 5.41) is 0. The van der Waals surface area contributed by atoms with E-state index in [1.807, 2.05) is 6.07 Å². The molecule has 94 valence electrons. The highest BCUT2D eigenvalue weighted by Crippen LogP contribution is 2.30. The van der Waals surface area contributed by atoms with Crippen LogP contribution in [0.25, 0.3) is 11.1 Å². The van der Waals surface area contributed by atoms with Gasteiger partial charge < -0.3 is 4.74 Å². The lowest BCUT2D eigenvalue weighted by molar-refractivity contribution is 0.0182. The monoisotopic (exact) mass is 240 g/mol. The number of rotatable bonds is 4. The van der Waals surface area contributed by atoms with Gasteiger partial charge in [0.2, 0.25) is 0 Å². The summed E-state index contributed by atoms with van der Waals surface area (Å²) < 4.78 is 5.90. The summed E-state index contributed by atoms with van der Waals surface area (Å²) in [7, 11) is 0. The molecule has 0 aliphatic heterocycles. The van der Waals surface area contributed by atoms with Crippen LogP contribution < -0.4 is 0 Å². The van der Waals surface area contributed by atoms with Crippen molar-refractivity contribution in [3.63, 3.8) is 0 Å². The Morgan fingerprint density at radius 1 is 0.778 bits per heavy atom. The molecule has 0 spiro atoms. The number of hydrogen-bond acceptors (Lipinski definition) is 1. The molecular weight excluding hydrogens is 220 g/mol. The Balaban J connectivity index is 2.37. The van der Waals surface area contributed by atoms with Crippen molar-refractivity contribution in [2.75, 3.05) is 0 Å². The molecule has 2 aromatic carbocycles. The molecule has 0 fully saturated rings. The molecule has 1 nitrogen and oxygen atoms in total. The van der Waals surface area contributed by atoms with Gasteiger partial charge in [-0.1, -0.05) is 54.6 Å². The van der Waals surface area contributed by atoms with E-state index >= 15 is 0 Å². The maximum atomic E-state index is 5.90. The molecular formula is C17H20O. The van der Waals surface area contributed by atoms with Crippen LogP contribution in [0, 0.1) is 0 Å². The average Bonchev–Trinajstić information content (AvgIpc) is 2.39. The summed E-state index contributed by atoms with van der Waals surface area (Å²) in [6, 6.07) is 18.9. The molecule has 0 aromatic heterocycles. The summed E-state index contributed by atoms with van der Waals surface area (Å²) in [6.07, 6.45) is 0.352. The van der Waals surface area contributed by atoms with Gasteiger partial charge >= 0.3 is 0 Å². The Labute approximate surface area is 109 Å². The third-order valence-corrected chi connectivity index (χ3v) is 2.96. The standard InChI is InChI=1S/C17H20O/c1-13(2)18-14(3)16-11-7-8-12-17(16)15-9-5-4-6-10-15/h4-14H,1-3H3. The Hall–Kier alpha value is -1.60. The molecule has 1 unspecified atom stereocenters. The topological polar surface area (TPSA) is 9.23 Å². The lowest BCUT2D eigenvalue weighted by Crippen LogP contribution is -2.08. The van der Waals surface area contributed by atoms with Gasteiger partial charge in [0.05, 0.1) is 12.2 Å². The van der Waals surface area contributed by atoms with Crippen LogP contribution in [0.15, 0.2) is 54.6 Å². The second-order valence-electron chi connectivity index (χ2n) is 4.78. The molecule has 18 heavy (non-hydrogen) atoms. The Kier molecular flexibility index (Phi) is 4.16. The van der Waals surface area contributed by atoms with Gasteiger partial charge in [-0.25, -0.2) is 0 Å².